The molecule has 0 aromatic carbocycles. The predicted octanol–water partition coefficient (Wildman–Crippen LogP) is 2.75. The van der Waals surface area contributed by atoms with Crippen molar-refractivity contribution in [2.45, 2.75) is 27.2 Å². The van der Waals surface area contributed by atoms with Gasteiger partial charge in [0.1, 0.15) is 0 Å². The van der Waals surface area contributed by atoms with Gasteiger partial charge in [-0.3, -0.25) is 4.79 Å². The van der Waals surface area contributed by atoms with E-state index in [4.69, 9.17) is 11.5 Å². The van der Waals surface area contributed by atoms with Crippen LogP contribution in [0, 0.1) is 23.7 Å². The van der Waals surface area contributed by atoms with Gasteiger partial charge in [0.2, 0.25) is 0 Å². The van der Waals surface area contributed by atoms with E-state index >= 15 is 0 Å². The van der Waals surface area contributed by atoms with Crippen LogP contribution in [0.3, 0.4) is 0 Å². The molecule has 0 radical (unpaired) electrons. The third-order valence-corrected chi connectivity index (χ3v) is 3.34. The van der Waals surface area contributed by atoms with E-state index < -0.39 is 11.4 Å². The third kappa shape index (κ3) is 3.69. The Morgan fingerprint density at radius 3 is 2.79 bits per heavy atom. The number of aliphatic carboxylic acids is 1. The van der Waals surface area contributed by atoms with Crippen molar-refractivity contribution in [3.8, 4) is 12.3 Å². The van der Waals surface area contributed by atoms with E-state index in [0.717, 1.165) is 11.6 Å². The lowest BCUT2D eigenvalue weighted by Gasteiger charge is -2.34. The van der Waals surface area contributed by atoms with Gasteiger partial charge in [-0.15, -0.1) is 6.42 Å². The minimum Gasteiger partial charge on any atom is -0.478 e. The number of terminal acetylenes is 1. The second kappa shape index (κ2) is 5.71. The molecule has 1 aliphatic carbocycles. The van der Waals surface area contributed by atoms with E-state index in [9.17, 15) is 9.59 Å². The second-order valence-corrected chi connectivity index (χ2v) is 5.16. The van der Waals surface area contributed by atoms with Crippen LogP contribution in [0.25, 0.3) is 0 Å². The lowest BCUT2D eigenvalue weighted by Crippen LogP contribution is -2.32. The van der Waals surface area contributed by atoms with E-state index in [0.29, 0.717) is 12.0 Å². The van der Waals surface area contributed by atoms with Crippen molar-refractivity contribution < 1.29 is 14.7 Å². The molecule has 0 bridgehead atoms. The summed E-state index contributed by atoms with van der Waals surface area (Å²) in [5.74, 6) is 1.72. The highest BCUT2D eigenvalue weighted by Crippen LogP contribution is 2.40. The Morgan fingerprint density at radius 2 is 2.26 bits per heavy atom. The number of carbonyl (C=O) groups is 2. The Bertz CT molecular complexity index is 529. The summed E-state index contributed by atoms with van der Waals surface area (Å²) in [5, 5.41) is 8.66. The first-order valence-corrected chi connectivity index (χ1v) is 6.07. The topological polar surface area (TPSA) is 54.4 Å². The molecule has 3 nitrogen and oxygen atoms in total. The Kier molecular flexibility index (Phi) is 4.50. The zero-order chi connectivity index (χ0) is 14.6. The van der Waals surface area contributed by atoms with Crippen molar-refractivity contribution in [1.82, 2.24) is 0 Å². The fraction of sp³-hybridized carbons (Fsp3) is 0.375. The van der Waals surface area contributed by atoms with E-state index in [1.54, 1.807) is 19.1 Å². The van der Waals surface area contributed by atoms with Crippen molar-refractivity contribution in [2.24, 2.45) is 11.3 Å². The molecule has 0 saturated heterocycles. The maximum Gasteiger partial charge on any atom is 0.328 e. The van der Waals surface area contributed by atoms with Crippen LogP contribution in [0.5, 0.6) is 0 Å². The van der Waals surface area contributed by atoms with Crippen molar-refractivity contribution in [3.05, 3.63) is 35.5 Å². The first-order valence-electron chi connectivity index (χ1n) is 6.07. The summed E-state index contributed by atoms with van der Waals surface area (Å²) in [5.41, 5.74) is 1.00. The van der Waals surface area contributed by atoms with Crippen LogP contribution in [0.1, 0.15) is 27.2 Å². The van der Waals surface area contributed by atoms with Gasteiger partial charge in [0.15, 0.2) is 5.78 Å². The second-order valence-electron chi connectivity index (χ2n) is 5.16. The number of ketones is 1. The van der Waals surface area contributed by atoms with Crippen molar-refractivity contribution in [3.63, 3.8) is 0 Å². The van der Waals surface area contributed by atoms with Gasteiger partial charge in [-0.25, -0.2) is 4.79 Å². The zero-order valence-corrected chi connectivity index (χ0v) is 11.4. The fourth-order valence-electron chi connectivity index (χ4n) is 2.36. The summed E-state index contributed by atoms with van der Waals surface area (Å²) < 4.78 is 0. The highest BCUT2D eigenvalue weighted by Gasteiger charge is 2.37. The Balaban J connectivity index is 3.07. The summed E-state index contributed by atoms with van der Waals surface area (Å²) in [6, 6.07) is 0. The van der Waals surface area contributed by atoms with Gasteiger partial charge in [-0.2, -0.15) is 0 Å². The zero-order valence-electron chi connectivity index (χ0n) is 11.4. The predicted molar refractivity (Wildman–Crippen MR) is 74.3 cm³/mol. The maximum absolute atomic E-state index is 11.6. The van der Waals surface area contributed by atoms with Gasteiger partial charge in [0.05, 0.1) is 0 Å². The summed E-state index contributed by atoms with van der Waals surface area (Å²) in [4.78, 5) is 22.1. The molecule has 19 heavy (non-hydrogen) atoms. The minimum atomic E-state index is -0.979. The molecule has 0 amide bonds. The van der Waals surface area contributed by atoms with Crippen molar-refractivity contribution in [1.29, 1.82) is 0 Å². The quantitative estimate of drug-likeness (QED) is 0.481. The van der Waals surface area contributed by atoms with Crippen molar-refractivity contribution in [2.75, 3.05) is 0 Å². The van der Waals surface area contributed by atoms with E-state index in [2.05, 4.69) is 5.92 Å². The number of rotatable bonds is 3. The van der Waals surface area contributed by atoms with E-state index in [1.807, 2.05) is 19.9 Å². The molecular weight excluding hydrogens is 240 g/mol. The van der Waals surface area contributed by atoms with E-state index in [1.165, 1.54) is 0 Å². The van der Waals surface area contributed by atoms with Gasteiger partial charge in [-0.05, 0) is 32.4 Å². The largest absolute Gasteiger partial charge is 0.478 e. The van der Waals surface area contributed by atoms with Gasteiger partial charge in [0.25, 0.3) is 0 Å². The molecule has 2 atom stereocenters. The minimum absolute atomic E-state index is 0.0420. The molecule has 0 spiro atoms. The smallest absolute Gasteiger partial charge is 0.328 e. The van der Waals surface area contributed by atoms with Crippen LogP contribution >= 0.6 is 0 Å². The molecular formula is C16H18O3. The van der Waals surface area contributed by atoms with Crippen LogP contribution in [0.15, 0.2) is 35.5 Å². The maximum atomic E-state index is 11.6. The molecule has 100 valence electrons. The number of carbonyl (C=O) groups excluding carboxylic acids is 1. The molecule has 1 N–H and O–H groups in total. The summed E-state index contributed by atoms with van der Waals surface area (Å²) in [7, 11) is 0. The average molecular weight is 258 g/mol. The highest BCUT2D eigenvalue weighted by molar-refractivity contribution is 5.92. The molecule has 0 fully saturated rings. The molecule has 0 saturated carbocycles. The monoisotopic (exact) mass is 258 g/mol. The number of allylic oxidation sites excluding steroid dienone is 5. The van der Waals surface area contributed by atoms with Crippen LogP contribution < -0.4 is 0 Å². The number of hydrogen-bond donors (Lipinski definition) is 1. The van der Waals surface area contributed by atoms with Crippen LogP contribution in [-0.4, -0.2) is 16.9 Å². The number of hydrogen-bond acceptors (Lipinski definition) is 2. The Hall–Kier alpha value is -2.08. The van der Waals surface area contributed by atoms with E-state index in [-0.39, 0.29) is 11.7 Å². The van der Waals surface area contributed by atoms with Gasteiger partial charge >= 0.3 is 5.97 Å². The molecule has 1 rings (SSSR count). The molecule has 1 aliphatic rings. The van der Waals surface area contributed by atoms with Gasteiger partial charge in [-0.1, -0.05) is 23.6 Å². The van der Waals surface area contributed by atoms with Crippen molar-refractivity contribution >= 4 is 11.8 Å². The molecule has 0 aliphatic heterocycles. The molecule has 0 heterocycles. The summed E-state index contributed by atoms with van der Waals surface area (Å²) in [6.45, 7) is 5.47. The first-order chi connectivity index (χ1) is 8.78. The lowest BCUT2D eigenvalue weighted by molar-refractivity contribution is -0.131. The molecule has 0 aromatic heterocycles. The fourth-order valence-corrected chi connectivity index (χ4v) is 2.36. The normalized spacial score (nSPS) is 28.1. The molecule has 2 unspecified atom stereocenters. The standard InChI is InChI=1S/C16H18O3/c1-5-16(4)10-13(17)9-12(3)14(16)7-6-11(2)8-15(18)19/h1,6-9,14H,10H2,2-4H3,(H,18,19)/b7-6+,11-8+. The number of carboxylic acids is 1. The lowest BCUT2D eigenvalue weighted by atomic mass is 9.67. The SMILES string of the molecule is C#CC1(C)CC(=O)C=C(C)C1/C=C/C(C)=C/C(=O)O. The van der Waals surface area contributed by atoms with Gasteiger partial charge < -0.3 is 5.11 Å². The summed E-state index contributed by atoms with van der Waals surface area (Å²) >= 11 is 0. The van der Waals surface area contributed by atoms with Crippen LogP contribution in [0.2, 0.25) is 0 Å². The van der Waals surface area contributed by atoms with Crippen LogP contribution in [-0.2, 0) is 9.59 Å². The molecule has 0 aromatic rings. The average Bonchev–Trinajstić information content (AvgIpc) is 2.26. The number of carboxylic acid groups (broad SMARTS) is 1. The molecule has 3 heteroatoms. The first kappa shape index (κ1) is 15.0. The van der Waals surface area contributed by atoms with Gasteiger partial charge in [0, 0.05) is 23.8 Å². The highest BCUT2D eigenvalue weighted by atomic mass is 16.4. The Labute approximate surface area is 113 Å². The third-order valence-electron chi connectivity index (χ3n) is 3.34. The summed E-state index contributed by atoms with van der Waals surface area (Å²) in [6.07, 6.45) is 12.3. The van der Waals surface area contributed by atoms with Crippen LogP contribution in [0.4, 0.5) is 0 Å². The Morgan fingerprint density at radius 1 is 1.63 bits per heavy atom.